The molecule has 0 aliphatic heterocycles. The van der Waals surface area contributed by atoms with Crippen LogP contribution < -0.4 is 5.43 Å². The van der Waals surface area contributed by atoms with Gasteiger partial charge in [-0.05, 0) is 25.2 Å². The van der Waals surface area contributed by atoms with Crippen molar-refractivity contribution in [3.8, 4) is 0 Å². The van der Waals surface area contributed by atoms with Crippen LogP contribution in [0.4, 0.5) is 0 Å². The maximum Gasteiger partial charge on any atom is 0.309 e. The molecule has 0 heterocycles. The van der Waals surface area contributed by atoms with Crippen LogP contribution in [-0.2, 0) is 9.59 Å². The summed E-state index contributed by atoms with van der Waals surface area (Å²) in [4.78, 5) is 23.4. The van der Waals surface area contributed by atoms with E-state index < -0.39 is 16.8 Å². The highest BCUT2D eigenvalue weighted by Crippen LogP contribution is 2.56. The predicted octanol–water partition coefficient (Wildman–Crippen LogP) is 1.11. The van der Waals surface area contributed by atoms with E-state index in [0.717, 1.165) is 0 Å². The number of hydrogen-bond acceptors (Lipinski definition) is 3. The van der Waals surface area contributed by atoms with Crippen LogP contribution in [0.1, 0.15) is 33.6 Å². The number of carbonyl (C=O) groups excluding carboxylic acids is 1. The molecule has 0 unspecified atom stereocenters. The third-order valence-corrected chi connectivity index (χ3v) is 4.35. The van der Waals surface area contributed by atoms with Gasteiger partial charge in [-0.3, -0.25) is 15.0 Å². The molecule has 2 N–H and O–H groups in total. The van der Waals surface area contributed by atoms with Crippen molar-refractivity contribution in [2.45, 2.75) is 33.6 Å². The Balaban J connectivity index is 2.93. The van der Waals surface area contributed by atoms with Crippen molar-refractivity contribution >= 4 is 11.9 Å². The predicted molar refractivity (Wildman–Crippen MR) is 64.1 cm³/mol. The number of carboxylic acids is 1. The molecular formula is C12H22N2O3. The molecule has 1 rings (SSSR count). The first-order chi connectivity index (χ1) is 7.63. The molecule has 5 heteroatoms. The summed E-state index contributed by atoms with van der Waals surface area (Å²) < 4.78 is 0. The van der Waals surface area contributed by atoms with Gasteiger partial charge >= 0.3 is 5.97 Å². The Labute approximate surface area is 102 Å². The number of carbonyl (C=O) groups is 2. The SMILES string of the molecule is CN(C)NC(=O)[C@@H]1CC[C@](C)(C(=O)O)C1(C)C. The Hall–Kier alpha value is -1.10. The minimum absolute atomic E-state index is 0.0926. The van der Waals surface area contributed by atoms with Gasteiger partial charge in [0.25, 0.3) is 0 Å². The van der Waals surface area contributed by atoms with Gasteiger partial charge < -0.3 is 5.11 Å². The van der Waals surface area contributed by atoms with Crippen LogP contribution in [0.3, 0.4) is 0 Å². The Morgan fingerprint density at radius 2 is 1.82 bits per heavy atom. The molecule has 0 radical (unpaired) electrons. The summed E-state index contributed by atoms with van der Waals surface area (Å²) in [5.41, 5.74) is 1.34. The highest BCUT2D eigenvalue weighted by Gasteiger charge is 2.58. The fraction of sp³-hybridized carbons (Fsp3) is 0.833. The van der Waals surface area contributed by atoms with Crippen molar-refractivity contribution in [1.82, 2.24) is 10.4 Å². The van der Waals surface area contributed by atoms with Crippen LogP contribution in [0.25, 0.3) is 0 Å². The number of nitrogens with zero attached hydrogens (tertiary/aromatic N) is 1. The smallest absolute Gasteiger partial charge is 0.309 e. The molecule has 0 saturated heterocycles. The summed E-state index contributed by atoms with van der Waals surface area (Å²) >= 11 is 0. The number of rotatable bonds is 3. The maximum absolute atomic E-state index is 12.0. The Morgan fingerprint density at radius 3 is 2.18 bits per heavy atom. The van der Waals surface area contributed by atoms with Gasteiger partial charge in [0, 0.05) is 20.0 Å². The van der Waals surface area contributed by atoms with Crippen molar-refractivity contribution in [1.29, 1.82) is 0 Å². The average molecular weight is 242 g/mol. The molecule has 0 aromatic heterocycles. The molecule has 98 valence electrons. The van der Waals surface area contributed by atoms with Gasteiger partial charge in [0.15, 0.2) is 0 Å². The van der Waals surface area contributed by atoms with Gasteiger partial charge in [0.1, 0.15) is 0 Å². The van der Waals surface area contributed by atoms with Crippen molar-refractivity contribution in [3.05, 3.63) is 0 Å². The standard InChI is InChI=1S/C12H22N2O3/c1-11(2)8(9(15)13-14(4)5)6-7-12(11,3)10(16)17/h8H,6-7H2,1-5H3,(H,13,15)(H,16,17)/t8-,12+/m0/s1. The Kier molecular flexibility index (Phi) is 3.52. The highest BCUT2D eigenvalue weighted by molar-refractivity contribution is 5.83. The molecular weight excluding hydrogens is 220 g/mol. The van der Waals surface area contributed by atoms with Crippen LogP contribution in [0.2, 0.25) is 0 Å². The number of nitrogens with one attached hydrogen (secondary N) is 1. The molecule has 0 spiro atoms. The lowest BCUT2D eigenvalue weighted by Crippen LogP contribution is -2.48. The van der Waals surface area contributed by atoms with Gasteiger partial charge in [-0.15, -0.1) is 0 Å². The van der Waals surface area contributed by atoms with E-state index in [0.29, 0.717) is 12.8 Å². The second-order valence-electron chi connectivity index (χ2n) is 5.82. The van der Waals surface area contributed by atoms with E-state index >= 15 is 0 Å². The lowest BCUT2D eigenvalue weighted by Gasteiger charge is -2.38. The molecule has 1 amide bonds. The molecule has 17 heavy (non-hydrogen) atoms. The summed E-state index contributed by atoms with van der Waals surface area (Å²) in [5.74, 6) is -1.17. The van der Waals surface area contributed by atoms with Gasteiger partial charge in [-0.25, -0.2) is 5.01 Å². The van der Waals surface area contributed by atoms with Crippen LogP contribution in [-0.4, -0.2) is 36.1 Å². The monoisotopic (exact) mass is 242 g/mol. The third-order valence-electron chi connectivity index (χ3n) is 4.35. The summed E-state index contributed by atoms with van der Waals surface area (Å²) in [7, 11) is 3.49. The van der Waals surface area contributed by atoms with Crippen molar-refractivity contribution in [2.75, 3.05) is 14.1 Å². The average Bonchev–Trinajstić information content (AvgIpc) is 2.38. The molecule has 0 bridgehead atoms. The maximum atomic E-state index is 12.0. The molecule has 0 aromatic carbocycles. The largest absolute Gasteiger partial charge is 0.481 e. The second-order valence-corrected chi connectivity index (χ2v) is 5.82. The first kappa shape index (κ1) is 14.0. The van der Waals surface area contributed by atoms with Crippen molar-refractivity contribution in [3.63, 3.8) is 0 Å². The zero-order chi connectivity index (χ0) is 13.4. The number of hydrogen-bond donors (Lipinski definition) is 2. The van der Waals surface area contributed by atoms with E-state index in [1.54, 1.807) is 26.0 Å². The number of aliphatic carboxylic acids is 1. The molecule has 1 fully saturated rings. The van der Waals surface area contributed by atoms with E-state index in [2.05, 4.69) is 5.43 Å². The minimum Gasteiger partial charge on any atom is -0.481 e. The lowest BCUT2D eigenvalue weighted by atomic mass is 9.65. The quantitative estimate of drug-likeness (QED) is 0.727. The summed E-state index contributed by atoms with van der Waals surface area (Å²) in [6.07, 6.45) is 1.16. The summed E-state index contributed by atoms with van der Waals surface area (Å²) in [6, 6.07) is 0. The van der Waals surface area contributed by atoms with Crippen LogP contribution in [0.5, 0.6) is 0 Å². The van der Waals surface area contributed by atoms with Crippen LogP contribution >= 0.6 is 0 Å². The zero-order valence-electron chi connectivity index (χ0n) is 11.2. The number of amides is 1. The van der Waals surface area contributed by atoms with Crippen LogP contribution in [0.15, 0.2) is 0 Å². The van der Waals surface area contributed by atoms with E-state index in [1.165, 1.54) is 0 Å². The first-order valence-corrected chi connectivity index (χ1v) is 5.84. The second kappa shape index (κ2) is 4.29. The summed E-state index contributed by atoms with van der Waals surface area (Å²) in [5, 5.41) is 10.9. The molecule has 1 saturated carbocycles. The number of hydrazine groups is 1. The van der Waals surface area contributed by atoms with Gasteiger partial charge in [-0.1, -0.05) is 13.8 Å². The van der Waals surface area contributed by atoms with E-state index in [4.69, 9.17) is 0 Å². The van der Waals surface area contributed by atoms with Gasteiger partial charge in [0.2, 0.25) is 5.91 Å². The highest BCUT2D eigenvalue weighted by atomic mass is 16.4. The molecule has 2 atom stereocenters. The molecule has 0 aromatic rings. The topological polar surface area (TPSA) is 69.6 Å². The fourth-order valence-corrected chi connectivity index (χ4v) is 2.64. The fourth-order valence-electron chi connectivity index (χ4n) is 2.64. The zero-order valence-corrected chi connectivity index (χ0v) is 11.2. The lowest BCUT2D eigenvalue weighted by molar-refractivity contribution is -0.155. The molecule has 5 nitrogen and oxygen atoms in total. The van der Waals surface area contributed by atoms with Gasteiger partial charge in [0.05, 0.1) is 5.41 Å². The van der Waals surface area contributed by atoms with Crippen molar-refractivity contribution < 1.29 is 14.7 Å². The first-order valence-electron chi connectivity index (χ1n) is 5.84. The van der Waals surface area contributed by atoms with E-state index in [9.17, 15) is 14.7 Å². The Morgan fingerprint density at radius 1 is 1.29 bits per heavy atom. The molecule has 1 aliphatic rings. The van der Waals surface area contributed by atoms with E-state index in [-0.39, 0.29) is 11.8 Å². The molecule has 1 aliphatic carbocycles. The minimum atomic E-state index is -0.832. The van der Waals surface area contributed by atoms with E-state index in [1.807, 2.05) is 13.8 Å². The van der Waals surface area contributed by atoms with Crippen molar-refractivity contribution in [2.24, 2.45) is 16.7 Å². The number of carboxylic acid groups (broad SMARTS) is 1. The summed E-state index contributed by atoms with van der Waals surface area (Å²) in [6.45, 7) is 5.47. The van der Waals surface area contributed by atoms with Crippen LogP contribution in [0, 0.1) is 16.7 Å². The normalized spacial score (nSPS) is 31.5. The van der Waals surface area contributed by atoms with Gasteiger partial charge in [-0.2, -0.15) is 0 Å². The third kappa shape index (κ3) is 2.16. The Bertz CT molecular complexity index is 339.